The molecule has 3 nitrogen and oxygen atoms in total. The first-order valence-electron chi connectivity index (χ1n) is 4.60. The molecule has 0 bridgehead atoms. The van der Waals surface area contributed by atoms with Gasteiger partial charge in [0.2, 0.25) is 0 Å². The molecule has 3 aromatic rings. The van der Waals surface area contributed by atoms with Crippen molar-refractivity contribution >= 4 is 31.6 Å². The summed E-state index contributed by atoms with van der Waals surface area (Å²) in [5.41, 5.74) is 0.847. The van der Waals surface area contributed by atoms with Gasteiger partial charge in [0.15, 0.2) is 0 Å². The third-order valence-electron chi connectivity index (χ3n) is 2.44. The Hall–Kier alpha value is -1.68. The van der Waals surface area contributed by atoms with Gasteiger partial charge in [0.1, 0.15) is 4.70 Å². The number of hydrogen-bond acceptors (Lipinski definition) is 3. The second-order valence-electron chi connectivity index (χ2n) is 3.44. The Morgan fingerprint density at radius 3 is 3.00 bits per heavy atom. The molecule has 0 unspecified atom stereocenters. The van der Waals surface area contributed by atoms with Crippen molar-refractivity contribution in [3.8, 4) is 0 Å². The van der Waals surface area contributed by atoms with Crippen LogP contribution in [0.15, 0.2) is 35.4 Å². The molecule has 0 saturated heterocycles. The molecule has 3 rings (SSSR count). The summed E-state index contributed by atoms with van der Waals surface area (Å²) in [7, 11) is 1.72. The van der Waals surface area contributed by atoms with Gasteiger partial charge < -0.3 is 4.57 Å². The average molecular weight is 216 g/mol. The quantitative estimate of drug-likeness (QED) is 0.577. The van der Waals surface area contributed by atoms with E-state index in [1.807, 2.05) is 24.3 Å². The van der Waals surface area contributed by atoms with E-state index < -0.39 is 0 Å². The maximum absolute atomic E-state index is 11.8. The third-order valence-corrected chi connectivity index (χ3v) is 3.59. The topological polar surface area (TPSA) is 34.9 Å². The zero-order chi connectivity index (χ0) is 10.4. The van der Waals surface area contributed by atoms with Crippen LogP contribution in [-0.2, 0) is 7.05 Å². The molecular formula is C11H8N2OS. The SMILES string of the molecule is Cn1cnc2c(sc3ccccc32)c1=O. The lowest BCUT2D eigenvalue weighted by molar-refractivity contribution is 0.845. The van der Waals surface area contributed by atoms with Crippen molar-refractivity contribution in [3.63, 3.8) is 0 Å². The van der Waals surface area contributed by atoms with E-state index in [-0.39, 0.29) is 5.56 Å². The number of fused-ring (bicyclic) bond motifs is 3. The summed E-state index contributed by atoms with van der Waals surface area (Å²) in [5, 5.41) is 1.07. The van der Waals surface area contributed by atoms with Gasteiger partial charge in [0.05, 0.1) is 11.8 Å². The van der Waals surface area contributed by atoms with Gasteiger partial charge in [0, 0.05) is 17.1 Å². The van der Waals surface area contributed by atoms with Crippen LogP contribution in [0.3, 0.4) is 0 Å². The Bertz CT molecular complexity index is 711. The van der Waals surface area contributed by atoms with E-state index in [0.29, 0.717) is 0 Å². The fourth-order valence-corrected chi connectivity index (χ4v) is 2.79. The zero-order valence-corrected chi connectivity index (χ0v) is 8.91. The molecule has 0 aliphatic carbocycles. The van der Waals surface area contributed by atoms with Crippen molar-refractivity contribution in [2.24, 2.45) is 7.05 Å². The molecule has 0 amide bonds. The summed E-state index contributed by atoms with van der Waals surface area (Å²) >= 11 is 1.51. The van der Waals surface area contributed by atoms with Crippen molar-refractivity contribution in [3.05, 3.63) is 40.9 Å². The Labute approximate surface area is 89.6 Å². The van der Waals surface area contributed by atoms with Crippen LogP contribution in [0.4, 0.5) is 0 Å². The Morgan fingerprint density at radius 1 is 1.33 bits per heavy atom. The molecule has 1 aromatic carbocycles. The number of thiophene rings is 1. The first kappa shape index (κ1) is 8.61. The van der Waals surface area contributed by atoms with Crippen molar-refractivity contribution in [2.45, 2.75) is 0 Å². The van der Waals surface area contributed by atoms with Gasteiger partial charge in [-0.05, 0) is 6.07 Å². The third kappa shape index (κ3) is 1.11. The molecule has 0 radical (unpaired) electrons. The summed E-state index contributed by atoms with van der Waals surface area (Å²) in [6, 6.07) is 7.96. The lowest BCUT2D eigenvalue weighted by atomic mass is 10.2. The van der Waals surface area contributed by atoms with Crippen LogP contribution in [0.1, 0.15) is 0 Å². The lowest BCUT2D eigenvalue weighted by Gasteiger charge is -1.94. The number of rotatable bonds is 0. The van der Waals surface area contributed by atoms with E-state index in [2.05, 4.69) is 4.98 Å². The van der Waals surface area contributed by atoms with Crippen LogP contribution in [0.2, 0.25) is 0 Å². The van der Waals surface area contributed by atoms with Crippen molar-refractivity contribution in [1.29, 1.82) is 0 Å². The molecule has 2 heterocycles. The highest BCUT2D eigenvalue weighted by Crippen LogP contribution is 2.29. The van der Waals surface area contributed by atoms with E-state index in [1.54, 1.807) is 13.4 Å². The molecule has 0 saturated carbocycles. The lowest BCUT2D eigenvalue weighted by Crippen LogP contribution is -2.15. The molecule has 15 heavy (non-hydrogen) atoms. The first-order chi connectivity index (χ1) is 7.27. The number of hydrogen-bond donors (Lipinski definition) is 0. The minimum atomic E-state index is 0.0289. The summed E-state index contributed by atoms with van der Waals surface area (Å²) in [5.74, 6) is 0. The molecule has 0 N–H and O–H groups in total. The second-order valence-corrected chi connectivity index (χ2v) is 4.49. The standard InChI is InChI=1S/C11H8N2OS/c1-13-6-12-9-7-4-2-3-5-8(7)15-10(9)11(13)14/h2-6H,1H3. The second kappa shape index (κ2) is 2.90. The smallest absolute Gasteiger partial charge is 0.271 e. The largest absolute Gasteiger partial charge is 0.301 e. The van der Waals surface area contributed by atoms with Gasteiger partial charge >= 0.3 is 0 Å². The molecule has 0 atom stereocenters. The van der Waals surface area contributed by atoms with Gasteiger partial charge in [-0.25, -0.2) is 4.98 Å². The Morgan fingerprint density at radius 2 is 2.13 bits per heavy atom. The van der Waals surface area contributed by atoms with E-state index in [9.17, 15) is 4.79 Å². The molecular weight excluding hydrogens is 208 g/mol. The normalized spacial score (nSPS) is 11.3. The van der Waals surface area contributed by atoms with Crippen LogP contribution in [0.5, 0.6) is 0 Å². The maximum Gasteiger partial charge on any atom is 0.271 e. The van der Waals surface area contributed by atoms with Gasteiger partial charge in [-0.3, -0.25) is 4.79 Å². The summed E-state index contributed by atoms with van der Waals surface area (Å²) in [6.07, 6.45) is 1.57. The zero-order valence-electron chi connectivity index (χ0n) is 8.10. The highest BCUT2D eigenvalue weighted by molar-refractivity contribution is 7.25. The number of nitrogens with zero attached hydrogens (tertiary/aromatic N) is 2. The van der Waals surface area contributed by atoms with E-state index in [0.717, 1.165) is 20.3 Å². The summed E-state index contributed by atoms with van der Waals surface area (Å²) < 4.78 is 3.36. The first-order valence-corrected chi connectivity index (χ1v) is 5.42. The van der Waals surface area contributed by atoms with Crippen LogP contribution >= 0.6 is 11.3 Å². The van der Waals surface area contributed by atoms with Crippen molar-refractivity contribution in [1.82, 2.24) is 9.55 Å². The van der Waals surface area contributed by atoms with Gasteiger partial charge in [-0.15, -0.1) is 11.3 Å². The van der Waals surface area contributed by atoms with E-state index in [1.165, 1.54) is 15.9 Å². The van der Waals surface area contributed by atoms with Crippen molar-refractivity contribution < 1.29 is 0 Å². The van der Waals surface area contributed by atoms with Crippen molar-refractivity contribution in [2.75, 3.05) is 0 Å². The molecule has 4 heteroatoms. The van der Waals surface area contributed by atoms with Crippen LogP contribution in [-0.4, -0.2) is 9.55 Å². The Balaban J connectivity index is 2.66. The average Bonchev–Trinajstić information content (AvgIpc) is 2.63. The fourth-order valence-electron chi connectivity index (χ4n) is 1.66. The van der Waals surface area contributed by atoms with Crippen LogP contribution in [0.25, 0.3) is 20.3 Å². The number of benzene rings is 1. The minimum Gasteiger partial charge on any atom is -0.301 e. The maximum atomic E-state index is 11.8. The predicted molar refractivity (Wildman–Crippen MR) is 62.4 cm³/mol. The highest BCUT2D eigenvalue weighted by atomic mass is 32.1. The number of aryl methyl sites for hydroxylation is 1. The van der Waals surface area contributed by atoms with E-state index >= 15 is 0 Å². The van der Waals surface area contributed by atoms with Crippen LogP contribution in [0, 0.1) is 0 Å². The molecule has 0 fully saturated rings. The predicted octanol–water partition coefficient (Wildman–Crippen LogP) is 2.15. The van der Waals surface area contributed by atoms with E-state index in [4.69, 9.17) is 0 Å². The van der Waals surface area contributed by atoms with Gasteiger partial charge in [0.25, 0.3) is 5.56 Å². The number of aromatic nitrogens is 2. The molecule has 0 aliphatic heterocycles. The molecule has 0 spiro atoms. The molecule has 74 valence electrons. The van der Waals surface area contributed by atoms with Crippen LogP contribution < -0.4 is 5.56 Å². The van der Waals surface area contributed by atoms with Gasteiger partial charge in [-0.1, -0.05) is 18.2 Å². The minimum absolute atomic E-state index is 0.0289. The Kier molecular flexibility index (Phi) is 1.67. The monoisotopic (exact) mass is 216 g/mol. The summed E-state index contributed by atoms with van der Waals surface area (Å²) in [6.45, 7) is 0. The highest BCUT2D eigenvalue weighted by Gasteiger charge is 2.08. The van der Waals surface area contributed by atoms with Gasteiger partial charge in [-0.2, -0.15) is 0 Å². The molecule has 2 aromatic heterocycles. The summed E-state index contributed by atoms with van der Waals surface area (Å²) in [4.78, 5) is 16.1. The molecule has 0 aliphatic rings. The fraction of sp³-hybridized carbons (Fsp3) is 0.0909.